The molecule has 0 aliphatic carbocycles. The monoisotopic (exact) mass is 530 g/mol. The van der Waals surface area contributed by atoms with Gasteiger partial charge in [-0.3, -0.25) is 0 Å². The van der Waals surface area contributed by atoms with Crippen molar-refractivity contribution in [3.05, 3.63) is 86.8 Å². The standard InChI is InChI=1S/C26H28BrFN2O4/c1-4-5-13-34-26(32)23-22(18-9-11-19(27)12-10-18)21(25(31)33-3)16(2)30(24(23)29)20-8-6-7-17(14-20)15-28/h6-12,14,22H,4-5,13,15,29H2,1-3H3. The Kier molecular flexibility index (Phi) is 8.50. The predicted octanol–water partition coefficient (Wildman–Crippen LogP) is 5.48. The van der Waals surface area contributed by atoms with Crippen LogP contribution in [0.3, 0.4) is 0 Å². The summed E-state index contributed by atoms with van der Waals surface area (Å²) >= 11 is 3.42. The third-order valence-corrected chi connectivity index (χ3v) is 6.23. The molecular weight excluding hydrogens is 503 g/mol. The Morgan fingerprint density at radius 2 is 1.82 bits per heavy atom. The van der Waals surface area contributed by atoms with Gasteiger partial charge in [-0.25, -0.2) is 14.0 Å². The lowest BCUT2D eigenvalue weighted by molar-refractivity contribution is -0.139. The molecule has 1 aliphatic heterocycles. The maximum atomic E-state index is 13.4. The van der Waals surface area contributed by atoms with Gasteiger partial charge in [0.2, 0.25) is 0 Å². The number of halogens is 2. The number of hydrogen-bond donors (Lipinski definition) is 1. The van der Waals surface area contributed by atoms with Crippen molar-refractivity contribution in [3.63, 3.8) is 0 Å². The molecule has 2 aromatic carbocycles. The molecule has 0 radical (unpaired) electrons. The summed E-state index contributed by atoms with van der Waals surface area (Å²) in [6, 6.07) is 14.0. The van der Waals surface area contributed by atoms with Gasteiger partial charge in [-0.2, -0.15) is 0 Å². The van der Waals surface area contributed by atoms with Gasteiger partial charge in [0.25, 0.3) is 0 Å². The van der Waals surface area contributed by atoms with Crippen molar-refractivity contribution >= 4 is 33.6 Å². The lowest BCUT2D eigenvalue weighted by atomic mass is 9.80. The predicted molar refractivity (Wildman–Crippen MR) is 132 cm³/mol. The van der Waals surface area contributed by atoms with E-state index in [-0.39, 0.29) is 23.6 Å². The zero-order chi connectivity index (χ0) is 24.8. The van der Waals surface area contributed by atoms with Crippen LogP contribution in [0.4, 0.5) is 10.1 Å². The van der Waals surface area contributed by atoms with Crippen LogP contribution in [-0.2, 0) is 25.7 Å². The molecule has 1 heterocycles. The second-order valence-corrected chi connectivity index (χ2v) is 8.82. The van der Waals surface area contributed by atoms with Gasteiger partial charge in [-0.05, 0) is 48.7 Å². The fourth-order valence-corrected chi connectivity index (χ4v) is 4.27. The maximum absolute atomic E-state index is 13.4. The molecule has 0 saturated carbocycles. The molecule has 0 saturated heterocycles. The number of rotatable bonds is 8. The van der Waals surface area contributed by atoms with Crippen LogP contribution < -0.4 is 10.6 Å². The van der Waals surface area contributed by atoms with E-state index >= 15 is 0 Å². The molecular formula is C26H28BrFN2O4. The van der Waals surface area contributed by atoms with E-state index in [9.17, 15) is 14.0 Å². The van der Waals surface area contributed by atoms with E-state index in [0.717, 1.165) is 10.9 Å². The molecule has 0 bridgehead atoms. The second-order valence-electron chi connectivity index (χ2n) is 7.90. The quantitative estimate of drug-likeness (QED) is 0.359. The summed E-state index contributed by atoms with van der Waals surface area (Å²) in [5, 5.41) is 0. The third kappa shape index (κ3) is 5.17. The van der Waals surface area contributed by atoms with Gasteiger partial charge in [0.15, 0.2) is 0 Å². The van der Waals surface area contributed by atoms with Gasteiger partial charge in [0.05, 0.1) is 30.8 Å². The maximum Gasteiger partial charge on any atom is 0.338 e. The summed E-state index contributed by atoms with van der Waals surface area (Å²) in [5.74, 6) is -1.88. The van der Waals surface area contributed by atoms with Crippen LogP contribution in [0, 0.1) is 0 Å². The molecule has 0 aromatic heterocycles. The number of carbonyl (C=O) groups excluding carboxylic acids is 2. The van der Waals surface area contributed by atoms with Crippen LogP contribution in [0.2, 0.25) is 0 Å². The second kappa shape index (κ2) is 11.3. The summed E-state index contributed by atoms with van der Waals surface area (Å²) in [6.07, 6.45) is 1.55. The number of allylic oxidation sites excluding steroid dienone is 1. The number of alkyl halides is 1. The number of unbranched alkanes of at least 4 members (excludes halogenated alkanes) is 1. The third-order valence-electron chi connectivity index (χ3n) is 5.70. The Labute approximate surface area is 207 Å². The minimum atomic E-state index is -0.796. The van der Waals surface area contributed by atoms with E-state index in [4.69, 9.17) is 15.2 Å². The van der Waals surface area contributed by atoms with Gasteiger partial charge in [-0.1, -0.05) is 53.5 Å². The van der Waals surface area contributed by atoms with Crippen molar-refractivity contribution in [1.82, 2.24) is 0 Å². The number of anilines is 1. The number of nitrogens with zero attached hydrogens (tertiary/aromatic N) is 1. The number of benzene rings is 2. The molecule has 0 amide bonds. The van der Waals surface area contributed by atoms with Gasteiger partial charge in [0.1, 0.15) is 12.5 Å². The fraction of sp³-hybridized carbons (Fsp3) is 0.308. The number of ether oxygens (including phenoxy) is 2. The molecule has 2 aromatic rings. The van der Waals surface area contributed by atoms with Crippen LogP contribution in [0.5, 0.6) is 0 Å². The Morgan fingerprint density at radius 3 is 2.44 bits per heavy atom. The Hall–Kier alpha value is -3.13. The van der Waals surface area contributed by atoms with E-state index in [1.807, 2.05) is 31.2 Å². The first kappa shape index (κ1) is 25.5. The van der Waals surface area contributed by atoms with Gasteiger partial charge in [0, 0.05) is 15.9 Å². The summed E-state index contributed by atoms with van der Waals surface area (Å²) in [6.45, 7) is 3.29. The SMILES string of the molecule is CCCCOC(=O)C1=C(N)N(c2cccc(CF)c2)C(C)=C(C(=O)OC)C1c1ccc(Br)cc1. The zero-order valence-electron chi connectivity index (χ0n) is 19.4. The minimum Gasteiger partial charge on any atom is -0.466 e. The summed E-state index contributed by atoms with van der Waals surface area (Å²) < 4.78 is 24.9. The van der Waals surface area contributed by atoms with Crippen molar-refractivity contribution in [2.75, 3.05) is 18.6 Å². The molecule has 8 heteroatoms. The Morgan fingerprint density at radius 1 is 1.12 bits per heavy atom. The van der Waals surface area contributed by atoms with E-state index in [2.05, 4.69) is 15.9 Å². The van der Waals surface area contributed by atoms with E-state index < -0.39 is 24.5 Å². The van der Waals surface area contributed by atoms with E-state index in [1.54, 1.807) is 36.1 Å². The number of carbonyl (C=O) groups is 2. The van der Waals surface area contributed by atoms with E-state index in [1.165, 1.54) is 7.11 Å². The highest BCUT2D eigenvalue weighted by atomic mass is 79.9. The topological polar surface area (TPSA) is 81.9 Å². The van der Waals surface area contributed by atoms with Crippen molar-refractivity contribution < 1.29 is 23.5 Å². The fourth-order valence-electron chi connectivity index (χ4n) is 4.01. The number of hydrogen-bond acceptors (Lipinski definition) is 6. The molecule has 1 atom stereocenters. The lowest BCUT2D eigenvalue weighted by Gasteiger charge is -2.37. The number of esters is 2. The first-order valence-corrected chi connectivity index (χ1v) is 11.8. The molecule has 34 heavy (non-hydrogen) atoms. The molecule has 180 valence electrons. The van der Waals surface area contributed by atoms with E-state index in [0.29, 0.717) is 28.9 Å². The number of methoxy groups -OCH3 is 1. The molecule has 0 fully saturated rings. The zero-order valence-corrected chi connectivity index (χ0v) is 21.0. The smallest absolute Gasteiger partial charge is 0.338 e. The molecule has 1 unspecified atom stereocenters. The summed E-state index contributed by atoms with van der Waals surface area (Å²) in [4.78, 5) is 28.0. The van der Waals surface area contributed by atoms with Crippen molar-refractivity contribution in [2.45, 2.75) is 39.3 Å². The minimum absolute atomic E-state index is 0.121. The van der Waals surface area contributed by atoms with Gasteiger partial charge < -0.3 is 20.1 Å². The molecule has 0 spiro atoms. The Bertz CT molecular complexity index is 1130. The highest BCUT2D eigenvalue weighted by Gasteiger charge is 2.41. The van der Waals surface area contributed by atoms with Gasteiger partial charge >= 0.3 is 11.9 Å². The average molecular weight is 531 g/mol. The summed E-state index contributed by atoms with van der Waals surface area (Å²) in [7, 11) is 1.29. The van der Waals surface area contributed by atoms with Crippen LogP contribution in [0.1, 0.15) is 43.7 Å². The van der Waals surface area contributed by atoms with Crippen molar-refractivity contribution in [2.24, 2.45) is 5.73 Å². The molecule has 3 rings (SSSR count). The largest absolute Gasteiger partial charge is 0.466 e. The van der Waals surface area contributed by atoms with Crippen LogP contribution >= 0.6 is 15.9 Å². The molecule has 1 aliphatic rings. The Balaban J connectivity index is 2.26. The molecule has 6 nitrogen and oxygen atoms in total. The first-order valence-electron chi connectivity index (χ1n) is 11.0. The number of nitrogens with two attached hydrogens (primary N) is 1. The van der Waals surface area contributed by atoms with Crippen LogP contribution in [-0.4, -0.2) is 25.7 Å². The average Bonchev–Trinajstić information content (AvgIpc) is 2.84. The first-order chi connectivity index (χ1) is 16.3. The summed E-state index contributed by atoms with van der Waals surface area (Å²) in [5.41, 5.74) is 9.15. The highest BCUT2D eigenvalue weighted by Crippen LogP contribution is 2.43. The van der Waals surface area contributed by atoms with Crippen LogP contribution in [0.15, 0.2) is 75.7 Å². The lowest BCUT2D eigenvalue weighted by Crippen LogP contribution is -2.39. The van der Waals surface area contributed by atoms with Crippen molar-refractivity contribution in [1.29, 1.82) is 0 Å². The van der Waals surface area contributed by atoms with Gasteiger partial charge in [-0.15, -0.1) is 0 Å². The van der Waals surface area contributed by atoms with Crippen molar-refractivity contribution in [3.8, 4) is 0 Å². The highest BCUT2D eigenvalue weighted by molar-refractivity contribution is 9.10. The normalized spacial score (nSPS) is 16.0. The van der Waals surface area contributed by atoms with Crippen LogP contribution in [0.25, 0.3) is 0 Å². The molecule has 2 N–H and O–H groups in total.